The number of aromatic nitrogens is 2. The molecule has 1 heterocycles. The fraction of sp³-hybridized carbons (Fsp3) is 0.733. The molecule has 20 heavy (non-hydrogen) atoms. The number of nitrogens with zero attached hydrogens (tertiary/aromatic N) is 2. The Morgan fingerprint density at radius 1 is 1.15 bits per heavy atom. The molecule has 3 N–H and O–H groups in total. The third-order valence-corrected chi connectivity index (χ3v) is 3.29. The first kappa shape index (κ1) is 16.7. The summed E-state index contributed by atoms with van der Waals surface area (Å²) in [5.41, 5.74) is 0. The summed E-state index contributed by atoms with van der Waals surface area (Å²) in [6.07, 6.45) is 3.82. The van der Waals surface area contributed by atoms with Gasteiger partial charge in [-0.3, -0.25) is 0 Å². The molecule has 0 bridgehead atoms. The molecule has 0 amide bonds. The van der Waals surface area contributed by atoms with Crippen molar-refractivity contribution in [1.29, 1.82) is 0 Å². The molecule has 0 aliphatic carbocycles. The van der Waals surface area contributed by atoms with Gasteiger partial charge in [-0.1, -0.05) is 20.3 Å². The lowest BCUT2D eigenvalue weighted by molar-refractivity contribution is 0.258. The maximum absolute atomic E-state index is 9.03. The molecule has 0 aromatic carbocycles. The number of anilines is 2. The van der Waals surface area contributed by atoms with Gasteiger partial charge in [0, 0.05) is 32.2 Å². The highest BCUT2D eigenvalue weighted by Crippen LogP contribution is 2.14. The lowest BCUT2D eigenvalue weighted by Crippen LogP contribution is -2.16. The van der Waals surface area contributed by atoms with E-state index in [0.29, 0.717) is 5.92 Å². The van der Waals surface area contributed by atoms with Crippen molar-refractivity contribution in [2.24, 2.45) is 5.92 Å². The van der Waals surface area contributed by atoms with Crippen molar-refractivity contribution in [2.45, 2.75) is 46.5 Å². The number of hydrogen-bond donors (Lipinski definition) is 3. The van der Waals surface area contributed by atoms with E-state index >= 15 is 0 Å². The third kappa shape index (κ3) is 5.74. The van der Waals surface area contributed by atoms with Crippen molar-refractivity contribution in [3.8, 4) is 0 Å². The fourth-order valence-electron chi connectivity index (χ4n) is 2.08. The van der Waals surface area contributed by atoms with Gasteiger partial charge in [0.05, 0.1) is 0 Å². The number of rotatable bonds is 10. The van der Waals surface area contributed by atoms with Crippen LogP contribution in [0.15, 0.2) is 6.07 Å². The van der Waals surface area contributed by atoms with Gasteiger partial charge in [0.15, 0.2) is 0 Å². The molecule has 0 saturated carbocycles. The highest BCUT2D eigenvalue weighted by atomic mass is 16.3. The zero-order chi connectivity index (χ0) is 14.8. The van der Waals surface area contributed by atoms with Gasteiger partial charge < -0.3 is 15.7 Å². The van der Waals surface area contributed by atoms with Crippen LogP contribution in [-0.4, -0.2) is 34.8 Å². The van der Waals surface area contributed by atoms with Crippen molar-refractivity contribution < 1.29 is 5.11 Å². The van der Waals surface area contributed by atoms with E-state index < -0.39 is 0 Å². The van der Waals surface area contributed by atoms with E-state index in [9.17, 15) is 0 Å². The summed E-state index contributed by atoms with van der Waals surface area (Å²) in [5, 5.41) is 15.6. The summed E-state index contributed by atoms with van der Waals surface area (Å²) in [4.78, 5) is 9.04. The molecule has 5 nitrogen and oxygen atoms in total. The summed E-state index contributed by atoms with van der Waals surface area (Å²) in [6.45, 7) is 8.27. The smallest absolute Gasteiger partial charge is 0.133 e. The monoisotopic (exact) mass is 280 g/mol. The van der Waals surface area contributed by atoms with Gasteiger partial charge in [-0.2, -0.15) is 0 Å². The molecule has 0 aliphatic heterocycles. The summed E-state index contributed by atoms with van der Waals surface area (Å²) in [7, 11) is 0. The Morgan fingerprint density at radius 3 is 2.40 bits per heavy atom. The standard InChI is InChI=1S/C15H28N4O/c1-4-7-13-18-14(16-6-3)10-15(19-13)17-11-12(5-2)8-9-20/h10,12,20H,4-9,11H2,1-3H3,(H2,16,17,18,19). The number of aliphatic hydroxyl groups excluding tert-OH is 1. The molecule has 0 saturated heterocycles. The maximum Gasteiger partial charge on any atom is 0.133 e. The van der Waals surface area contributed by atoms with Crippen LogP contribution in [0.3, 0.4) is 0 Å². The van der Waals surface area contributed by atoms with Crippen LogP contribution in [0.25, 0.3) is 0 Å². The van der Waals surface area contributed by atoms with Crippen molar-refractivity contribution in [1.82, 2.24) is 9.97 Å². The molecule has 1 rings (SSSR count). The van der Waals surface area contributed by atoms with E-state index in [2.05, 4.69) is 41.4 Å². The number of aliphatic hydroxyl groups is 1. The normalized spacial score (nSPS) is 12.2. The molecule has 0 spiro atoms. The van der Waals surface area contributed by atoms with Gasteiger partial charge in [-0.05, 0) is 25.7 Å². The van der Waals surface area contributed by atoms with Gasteiger partial charge in [-0.15, -0.1) is 0 Å². The second-order valence-corrected chi connectivity index (χ2v) is 5.00. The second-order valence-electron chi connectivity index (χ2n) is 5.00. The van der Waals surface area contributed by atoms with E-state index in [0.717, 1.165) is 56.2 Å². The van der Waals surface area contributed by atoms with Crippen LogP contribution < -0.4 is 10.6 Å². The Bertz CT molecular complexity index is 360. The molecule has 1 unspecified atom stereocenters. The van der Waals surface area contributed by atoms with Crippen molar-refractivity contribution >= 4 is 11.6 Å². The van der Waals surface area contributed by atoms with E-state index in [4.69, 9.17) is 5.11 Å². The van der Waals surface area contributed by atoms with E-state index in [1.807, 2.05) is 6.07 Å². The first-order valence-electron chi connectivity index (χ1n) is 7.69. The molecule has 0 aliphatic rings. The van der Waals surface area contributed by atoms with E-state index in [1.165, 1.54) is 0 Å². The Hall–Kier alpha value is -1.36. The van der Waals surface area contributed by atoms with Gasteiger partial charge >= 0.3 is 0 Å². The predicted molar refractivity (Wildman–Crippen MR) is 84.2 cm³/mol. The van der Waals surface area contributed by atoms with Crippen molar-refractivity contribution in [3.05, 3.63) is 11.9 Å². The first-order chi connectivity index (χ1) is 9.73. The van der Waals surface area contributed by atoms with Crippen LogP contribution in [0, 0.1) is 5.92 Å². The Kier molecular flexibility index (Phi) is 7.95. The van der Waals surface area contributed by atoms with Crippen LogP contribution >= 0.6 is 0 Å². The average Bonchev–Trinajstić information content (AvgIpc) is 2.44. The number of nitrogens with one attached hydrogen (secondary N) is 2. The molecule has 114 valence electrons. The largest absolute Gasteiger partial charge is 0.396 e. The lowest BCUT2D eigenvalue weighted by atomic mass is 10.0. The van der Waals surface area contributed by atoms with Gasteiger partial charge in [-0.25, -0.2) is 9.97 Å². The van der Waals surface area contributed by atoms with Crippen LogP contribution in [0.5, 0.6) is 0 Å². The zero-order valence-corrected chi connectivity index (χ0v) is 12.9. The molecule has 0 radical (unpaired) electrons. The molecular weight excluding hydrogens is 252 g/mol. The maximum atomic E-state index is 9.03. The summed E-state index contributed by atoms with van der Waals surface area (Å²) in [6, 6.07) is 1.95. The molecule has 0 fully saturated rings. The summed E-state index contributed by atoms with van der Waals surface area (Å²) in [5.74, 6) is 3.11. The quantitative estimate of drug-likeness (QED) is 0.615. The third-order valence-electron chi connectivity index (χ3n) is 3.29. The topological polar surface area (TPSA) is 70.1 Å². The van der Waals surface area contributed by atoms with Crippen LogP contribution in [0.2, 0.25) is 0 Å². The Labute approximate surface area is 122 Å². The van der Waals surface area contributed by atoms with Crippen molar-refractivity contribution in [2.75, 3.05) is 30.3 Å². The van der Waals surface area contributed by atoms with E-state index in [-0.39, 0.29) is 6.61 Å². The molecule has 5 heteroatoms. The number of aryl methyl sites for hydroxylation is 1. The molecule has 1 atom stereocenters. The first-order valence-corrected chi connectivity index (χ1v) is 7.69. The second kappa shape index (κ2) is 9.53. The molecular formula is C15H28N4O. The Morgan fingerprint density at radius 2 is 1.85 bits per heavy atom. The minimum atomic E-state index is 0.244. The van der Waals surface area contributed by atoms with Crippen molar-refractivity contribution in [3.63, 3.8) is 0 Å². The molecule has 1 aromatic heterocycles. The predicted octanol–water partition coefficient (Wildman–Crippen LogP) is 2.68. The van der Waals surface area contributed by atoms with Gasteiger partial charge in [0.25, 0.3) is 0 Å². The van der Waals surface area contributed by atoms with Crippen LogP contribution in [0.1, 0.15) is 45.9 Å². The van der Waals surface area contributed by atoms with Crippen LogP contribution in [0.4, 0.5) is 11.6 Å². The van der Waals surface area contributed by atoms with Crippen LogP contribution in [-0.2, 0) is 6.42 Å². The number of hydrogen-bond acceptors (Lipinski definition) is 5. The fourth-order valence-corrected chi connectivity index (χ4v) is 2.08. The van der Waals surface area contributed by atoms with E-state index in [1.54, 1.807) is 0 Å². The highest BCUT2D eigenvalue weighted by molar-refractivity contribution is 5.47. The summed E-state index contributed by atoms with van der Waals surface area (Å²) >= 11 is 0. The Balaban J connectivity index is 2.71. The summed E-state index contributed by atoms with van der Waals surface area (Å²) < 4.78 is 0. The zero-order valence-electron chi connectivity index (χ0n) is 12.9. The molecule has 1 aromatic rings. The minimum Gasteiger partial charge on any atom is -0.396 e. The lowest BCUT2D eigenvalue weighted by Gasteiger charge is -2.16. The average molecular weight is 280 g/mol. The SMILES string of the molecule is CCCc1nc(NCC)cc(NCC(CC)CCO)n1. The highest BCUT2D eigenvalue weighted by Gasteiger charge is 2.08. The van der Waals surface area contributed by atoms with Gasteiger partial charge in [0.2, 0.25) is 0 Å². The minimum absolute atomic E-state index is 0.244. The van der Waals surface area contributed by atoms with Gasteiger partial charge in [0.1, 0.15) is 17.5 Å².